The quantitative estimate of drug-likeness (QED) is 0.143. The zero-order chi connectivity index (χ0) is 27.8. The topological polar surface area (TPSA) is 56.5 Å². The molecule has 0 atom stereocenters. The van der Waals surface area contributed by atoms with Crippen molar-refractivity contribution in [3.63, 3.8) is 0 Å². The van der Waals surface area contributed by atoms with E-state index in [9.17, 15) is 18.0 Å². The van der Waals surface area contributed by atoms with E-state index in [0.29, 0.717) is 42.9 Å². The molecule has 204 valence electrons. The highest BCUT2D eigenvalue weighted by Crippen LogP contribution is 2.35. The summed E-state index contributed by atoms with van der Waals surface area (Å²) in [5, 5.41) is 6.93. The van der Waals surface area contributed by atoms with Crippen molar-refractivity contribution in [2.24, 2.45) is 4.99 Å². The van der Waals surface area contributed by atoms with Crippen molar-refractivity contribution >= 4 is 23.5 Å². The van der Waals surface area contributed by atoms with E-state index in [2.05, 4.69) is 11.9 Å². The van der Waals surface area contributed by atoms with Crippen LogP contribution in [0.15, 0.2) is 53.1 Å². The molecule has 1 heterocycles. The second kappa shape index (κ2) is 16.7. The van der Waals surface area contributed by atoms with E-state index < -0.39 is 12.6 Å². The van der Waals surface area contributed by atoms with Gasteiger partial charge in [-0.25, -0.2) is 4.99 Å². The summed E-state index contributed by atoms with van der Waals surface area (Å²) < 4.78 is 39.6. The van der Waals surface area contributed by atoms with Crippen LogP contribution in [0, 0.1) is 5.41 Å². The maximum atomic E-state index is 13.2. The summed E-state index contributed by atoms with van der Waals surface area (Å²) in [6.45, 7) is 10.5. The van der Waals surface area contributed by atoms with Gasteiger partial charge >= 0.3 is 6.18 Å². The molecule has 1 aromatic carbocycles. The molecule has 1 amide bonds. The molecule has 0 bridgehead atoms. The van der Waals surface area contributed by atoms with E-state index in [4.69, 9.17) is 5.41 Å². The fourth-order valence-corrected chi connectivity index (χ4v) is 3.85. The lowest BCUT2D eigenvalue weighted by molar-refractivity contribution is -0.131. The number of carbonyl (C=O) groups excluding carboxylic acids is 1. The van der Waals surface area contributed by atoms with Crippen LogP contribution >= 0.6 is 0 Å². The number of fused-ring (bicyclic) bond motifs is 1. The van der Waals surface area contributed by atoms with Crippen LogP contribution < -0.4 is 0 Å². The molecule has 7 heteroatoms. The molecule has 0 aromatic heterocycles. The molecular formula is C30H42F3N3O. The number of hydrogen-bond acceptors (Lipinski definition) is 2. The fourth-order valence-electron chi connectivity index (χ4n) is 3.85. The number of carbonyl (C=O) groups is 1. The van der Waals surface area contributed by atoms with Crippen LogP contribution in [0.3, 0.4) is 0 Å². The number of nitrogens with zero attached hydrogens (tertiary/aromatic N) is 2. The lowest BCUT2D eigenvalue weighted by Gasteiger charge is -2.16. The molecule has 0 saturated carbocycles. The summed E-state index contributed by atoms with van der Waals surface area (Å²) in [6, 6.07) is 5.73. The van der Waals surface area contributed by atoms with E-state index in [1.54, 1.807) is 36.1 Å². The van der Waals surface area contributed by atoms with Gasteiger partial charge in [-0.2, -0.15) is 13.2 Å². The van der Waals surface area contributed by atoms with Gasteiger partial charge in [0.1, 0.15) is 5.84 Å². The molecule has 0 spiro atoms. The molecule has 1 aliphatic rings. The number of alkyl halides is 3. The minimum absolute atomic E-state index is 0.0861. The molecule has 1 N–H and O–H groups in total. The molecule has 0 unspecified atom stereocenters. The average Bonchev–Trinajstić information content (AvgIpc) is 3.28. The van der Waals surface area contributed by atoms with Crippen LogP contribution in [0.2, 0.25) is 0 Å². The predicted octanol–water partition coefficient (Wildman–Crippen LogP) is 8.82. The Kier molecular flexibility index (Phi) is 14.5. The maximum absolute atomic E-state index is 13.2. The van der Waals surface area contributed by atoms with Gasteiger partial charge in [-0.05, 0) is 67.0 Å². The Labute approximate surface area is 220 Å². The highest BCUT2D eigenvalue weighted by Gasteiger charge is 2.30. The Hall–Kier alpha value is -2.96. The third-order valence-corrected chi connectivity index (χ3v) is 5.74. The highest BCUT2D eigenvalue weighted by atomic mass is 19.4. The number of hydrogen-bond donors (Lipinski definition) is 1. The first kappa shape index (κ1) is 32.1. The summed E-state index contributed by atoms with van der Waals surface area (Å²) in [5.74, 6) is 0.481. The van der Waals surface area contributed by atoms with E-state index in [1.165, 1.54) is 12.8 Å². The molecule has 2 rings (SSSR count). The van der Waals surface area contributed by atoms with Gasteiger partial charge in [-0.1, -0.05) is 70.0 Å². The predicted molar refractivity (Wildman–Crippen MR) is 149 cm³/mol. The number of amides is 1. The van der Waals surface area contributed by atoms with Gasteiger partial charge in [-0.3, -0.25) is 10.2 Å². The number of halogens is 3. The van der Waals surface area contributed by atoms with Crippen LogP contribution in [-0.2, 0) is 17.9 Å². The number of amidine groups is 1. The largest absolute Gasteiger partial charge is 0.393 e. The van der Waals surface area contributed by atoms with Crippen LogP contribution in [0.4, 0.5) is 13.2 Å². The SMILES string of the molecule is CCCCC=NC(C)=N.C\C=C/C=C(\C(=C\CCC)CC(F)(F)F)c1ccc2c(c1)CN(C(=O)CC)C2. The molecule has 1 aromatic rings. The van der Waals surface area contributed by atoms with E-state index in [-0.39, 0.29) is 5.91 Å². The van der Waals surface area contributed by atoms with E-state index >= 15 is 0 Å². The highest BCUT2D eigenvalue weighted by molar-refractivity contribution is 5.85. The van der Waals surface area contributed by atoms with Crippen LogP contribution in [0.1, 0.15) is 96.3 Å². The Morgan fingerprint density at radius 2 is 1.81 bits per heavy atom. The minimum Gasteiger partial charge on any atom is -0.334 e. The third-order valence-electron chi connectivity index (χ3n) is 5.74. The molecule has 4 nitrogen and oxygen atoms in total. The first-order valence-electron chi connectivity index (χ1n) is 13.1. The first-order chi connectivity index (χ1) is 17.6. The molecule has 0 aliphatic carbocycles. The Bertz CT molecular complexity index is 1000. The lowest BCUT2D eigenvalue weighted by atomic mass is 9.91. The molecule has 37 heavy (non-hydrogen) atoms. The molecular weight excluding hydrogens is 475 g/mol. The lowest BCUT2D eigenvalue weighted by Crippen LogP contribution is -2.23. The van der Waals surface area contributed by atoms with Crippen molar-refractivity contribution in [2.75, 3.05) is 0 Å². The van der Waals surface area contributed by atoms with Crippen molar-refractivity contribution in [1.29, 1.82) is 5.41 Å². The van der Waals surface area contributed by atoms with Crippen molar-refractivity contribution in [3.8, 4) is 0 Å². The smallest absolute Gasteiger partial charge is 0.334 e. The molecule has 1 aliphatic heterocycles. The number of rotatable bonds is 10. The maximum Gasteiger partial charge on any atom is 0.393 e. The third kappa shape index (κ3) is 12.2. The van der Waals surface area contributed by atoms with Crippen molar-refractivity contribution in [1.82, 2.24) is 4.90 Å². The van der Waals surface area contributed by atoms with Gasteiger partial charge < -0.3 is 4.90 Å². The van der Waals surface area contributed by atoms with Crippen molar-refractivity contribution in [3.05, 3.63) is 64.8 Å². The van der Waals surface area contributed by atoms with Gasteiger partial charge in [0, 0.05) is 25.7 Å². The van der Waals surface area contributed by atoms with Gasteiger partial charge in [0.05, 0.1) is 6.42 Å². The normalized spacial score (nSPS) is 14.2. The second-order valence-corrected chi connectivity index (χ2v) is 9.04. The number of benzene rings is 1. The number of aliphatic imine (C=N–C) groups is 1. The van der Waals surface area contributed by atoms with Gasteiger partial charge in [-0.15, -0.1) is 0 Å². The first-order valence-corrected chi connectivity index (χ1v) is 13.1. The van der Waals surface area contributed by atoms with E-state index in [0.717, 1.165) is 29.5 Å². The summed E-state index contributed by atoms with van der Waals surface area (Å²) in [7, 11) is 0. The summed E-state index contributed by atoms with van der Waals surface area (Å²) in [5.41, 5.74) is 3.71. The Morgan fingerprint density at radius 1 is 1.11 bits per heavy atom. The fraction of sp³-hybridized carbons (Fsp3) is 0.500. The number of nitrogens with one attached hydrogen (secondary N) is 1. The summed E-state index contributed by atoms with van der Waals surface area (Å²) >= 11 is 0. The zero-order valence-corrected chi connectivity index (χ0v) is 22.9. The number of allylic oxidation sites excluding steroid dienone is 6. The van der Waals surface area contributed by atoms with Crippen LogP contribution in [0.25, 0.3) is 5.57 Å². The van der Waals surface area contributed by atoms with Crippen molar-refractivity contribution < 1.29 is 18.0 Å². The number of unbranched alkanes of at least 4 members (excludes halogenated alkanes) is 3. The summed E-state index contributed by atoms with van der Waals surface area (Å²) in [6.07, 6.45) is 8.83. The monoisotopic (exact) mass is 517 g/mol. The average molecular weight is 518 g/mol. The Morgan fingerprint density at radius 3 is 2.38 bits per heavy atom. The van der Waals surface area contributed by atoms with Gasteiger partial charge in [0.2, 0.25) is 5.91 Å². The second-order valence-electron chi connectivity index (χ2n) is 9.04. The van der Waals surface area contributed by atoms with Crippen molar-refractivity contribution in [2.45, 2.75) is 98.8 Å². The van der Waals surface area contributed by atoms with Gasteiger partial charge in [0.15, 0.2) is 0 Å². The minimum atomic E-state index is -4.27. The molecule has 0 saturated heterocycles. The van der Waals surface area contributed by atoms with Gasteiger partial charge in [0.25, 0.3) is 0 Å². The molecule has 0 fully saturated rings. The molecule has 0 radical (unpaired) electrons. The van der Waals surface area contributed by atoms with Crippen LogP contribution in [0.5, 0.6) is 0 Å². The zero-order valence-electron chi connectivity index (χ0n) is 22.9. The Balaban J connectivity index is 0.000000649. The van der Waals surface area contributed by atoms with Crippen LogP contribution in [-0.4, -0.2) is 29.0 Å². The van der Waals surface area contributed by atoms with E-state index in [1.807, 2.05) is 45.2 Å². The summed E-state index contributed by atoms with van der Waals surface area (Å²) in [4.78, 5) is 17.6. The standard InChI is InChI=1S/C23H28F3NO.C7H14N2/c1-4-7-9-18(14-23(24,25)26)21(10-8-5-2)17-11-12-19-15-27(22(28)6-3)16-20(19)13-17;1-3-4-5-6-9-7(2)8/h5,8-13H,4,6-7,14-16H2,1-3H3;6,8H,3-5H2,1-2H3/b8-5-,18-9+,21-10-;.